The van der Waals surface area contributed by atoms with E-state index >= 15 is 0 Å². The molecule has 0 bridgehead atoms. The molecule has 0 unspecified atom stereocenters. The number of piperazine rings is 1. The predicted octanol–water partition coefficient (Wildman–Crippen LogP) is 3.64. The maximum Gasteiger partial charge on any atom is 0.150 e. The number of pyridine rings is 2. The topological polar surface area (TPSA) is 63.7 Å². The first-order chi connectivity index (χ1) is 16.1. The second kappa shape index (κ2) is 9.12. The summed E-state index contributed by atoms with van der Waals surface area (Å²) in [5, 5.41) is 10.2. The fourth-order valence-corrected chi connectivity index (χ4v) is 5.36. The monoisotopic (exact) mass is 443 g/mol. The molecule has 1 atom stereocenters. The van der Waals surface area contributed by atoms with E-state index in [1.54, 1.807) is 0 Å². The van der Waals surface area contributed by atoms with Crippen molar-refractivity contribution < 1.29 is 0 Å². The average Bonchev–Trinajstić information content (AvgIpc) is 3.20. The molecule has 33 heavy (non-hydrogen) atoms. The van der Waals surface area contributed by atoms with Gasteiger partial charge in [0.1, 0.15) is 17.5 Å². The number of aryl methyl sites for hydroxylation is 1. The number of imidazole rings is 1. The number of nitriles is 1. The molecule has 0 N–H and O–H groups in total. The highest BCUT2D eigenvalue weighted by Gasteiger charge is 2.31. The summed E-state index contributed by atoms with van der Waals surface area (Å²) in [7, 11) is 2.16. The zero-order valence-corrected chi connectivity index (χ0v) is 19.9. The van der Waals surface area contributed by atoms with Crippen LogP contribution in [0.2, 0.25) is 0 Å². The van der Waals surface area contributed by atoms with Crippen LogP contribution in [0.3, 0.4) is 0 Å². The third-order valence-corrected chi connectivity index (χ3v) is 7.19. The standard InChI is InChI=1S/C26H33N7/c1-19(2)32(22-9-4-7-20-8-6-12-28-26(20)22)18-21-23(17-27)33-24(29-21)10-5-11-25(33)31-15-13-30(3)14-16-31/h5-6,8,10-12,19,22H,4,7,9,13-16,18H2,1-3H3/t22-/m0/s1. The molecular weight excluding hydrogens is 410 g/mol. The lowest BCUT2D eigenvalue weighted by Crippen LogP contribution is -2.45. The molecule has 7 heteroatoms. The molecule has 2 aliphatic rings. The molecule has 172 valence electrons. The summed E-state index contributed by atoms with van der Waals surface area (Å²) in [5.41, 5.74) is 4.91. The first-order valence-electron chi connectivity index (χ1n) is 12.1. The van der Waals surface area contributed by atoms with Crippen molar-refractivity contribution in [1.29, 1.82) is 5.26 Å². The van der Waals surface area contributed by atoms with Crippen LogP contribution in [0.25, 0.3) is 5.65 Å². The summed E-state index contributed by atoms with van der Waals surface area (Å²) < 4.78 is 2.06. The summed E-state index contributed by atoms with van der Waals surface area (Å²) >= 11 is 0. The van der Waals surface area contributed by atoms with Gasteiger partial charge in [-0.3, -0.25) is 14.3 Å². The Morgan fingerprint density at radius 1 is 1.15 bits per heavy atom. The van der Waals surface area contributed by atoms with Crippen molar-refractivity contribution in [2.45, 2.75) is 51.7 Å². The molecule has 5 rings (SSSR count). The van der Waals surface area contributed by atoms with Gasteiger partial charge in [0, 0.05) is 45.0 Å². The number of rotatable bonds is 5. The molecule has 1 saturated heterocycles. The highest BCUT2D eigenvalue weighted by atomic mass is 15.3. The van der Waals surface area contributed by atoms with Crippen LogP contribution in [0.5, 0.6) is 0 Å². The van der Waals surface area contributed by atoms with Crippen LogP contribution in [0.1, 0.15) is 55.4 Å². The van der Waals surface area contributed by atoms with Crippen molar-refractivity contribution in [2.24, 2.45) is 0 Å². The Hall–Kier alpha value is -2.95. The van der Waals surface area contributed by atoms with Gasteiger partial charge in [-0.15, -0.1) is 0 Å². The third-order valence-electron chi connectivity index (χ3n) is 7.19. The lowest BCUT2D eigenvalue weighted by molar-refractivity contribution is 0.124. The first-order valence-corrected chi connectivity index (χ1v) is 12.1. The fourth-order valence-electron chi connectivity index (χ4n) is 5.36. The summed E-state index contributed by atoms with van der Waals surface area (Å²) in [6.45, 7) is 9.06. The fraction of sp³-hybridized carbons (Fsp3) is 0.500. The minimum Gasteiger partial charge on any atom is -0.355 e. The average molecular weight is 444 g/mol. The van der Waals surface area contributed by atoms with Crippen LogP contribution in [-0.4, -0.2) is 63.4 Å². The molecule has 0 amide bonds. The molecule has 4 heterocycles. The number of anilines is 1. The van der Waals surface area contributed by atoms with Gasteiger partial charge in [-0.25, -0.2) is 4.98 Å². The van der Waals surface area contributed by atoms with Crippen molar-refractivity contribution in [3.8, 4) is 6.07 Å². The van der Waals surface area contributed by atoms with E-state index < -0.39 is 0 Å². The first kappa shape index (κ1) is 21.9. The van der Waals surface area contributed by atoms with Crippen LogP contribution >= 0.6 is 0 Å². The van der Waals surface area contributed by atoms with Crippen molar-refractivity contribution >= 4 is 11.5 Å². The number of aromatic nitrogens is 3. The maximum atomic E-state index is 10.2. The quantitative estimate of drug-likeness (QED) is 0.600. The molecule has 3 aromatic rings. The van der Waals surface area contributed by atoms with Crippen molar-refractivity contribution in [1.82, 2.24) is 24.2 Å². The lowest BCUT2D eigenvalue weighted by atomic mass is 9.90. The minimum absolute atomic E-state index is 0.253. The van der Waals surface area contributed by atoms with Gasteiger partial charge in [0.15, 0.2) is 5.69 Å². The van der Waals surface area contributed by atoms with Gasteiger partial charge >= 0.3 is 0 Å². The van der Waals surface area contributed by atoms with E-state index in [2.05, 4.69) is 64.3 Å². The third kappa shape index (κ3) is 4.09. The van der Waals surface area contributed by atoms with E-state index in [0.29, 0.717) is 18.3 Å². The van der Waals surface area contributed by atoms with E-state index in [1.165, 1.54) is 11.3 Å². The number of likely N-dealkylation sites (N-methyl/N-ethyl adjacent to an activating group) is 1. The molecule has 1 fully saturated rings. The molecule has 3 aromatic heterocycles. The highest BCUT2D eigenvalue weighted by Crippen LogP contribution is 2.35. The molecule has 1 aliphatic heterocycles. The SMILES string of the molecule is CC(C)N(Cc1nc2cccc(N3CCN(C)CC3)n2c1C#N)[C@H]1CCCc2cccnc21. The molecule has 1 aliphatic carbocycles. The summed E-state index contributed by atoms with van der Waals surface area (Å²) in [4.78, 5) is 16.9. The van der Waals surface area contributed by atoms with E-state index in [4.69, 9.17) is 9.97 Å². The van der Waals surface area contributed by atoms with E-state index in [1.807, 2.05) is 18.3 Å². The van der Waals surface area contributed by atoms with Gasteiger partial charge in [-0.1, -0.05) is 12.1 Å². The van der Waals surface area contributed by atoms with E-state index in [9.17, 15) is 5.26 Å². The number of hydrogen-bond acceptors (Lipinski definition) is 6. The minimum atomic E-state index is 0.253. The summed E-state index contributed by atoms with van der Waals surface area (Å²) in [6, 6.07) is 13.5. The summed E-state index contributed by atoms with van der Waals surface area (Å²) in [6.07, 6.45) is 5.25. The molecular formula is C26H33N7. The Labute approximate surface area is 196 Å². The van der Waals surface area contributed by atoms with Gasteiger partial charge in [-0.2, -0.15) is 5.26 Å². The Morgan fingerprint density at radius 2 is 1.97 bits per heavy atom. The molecule has 7 nitrogen and oxygen atoms in total. The number of fused-ring (bicyclic) bond motifs is 2. The largest absolute Gasteiger partial charge is 0.355 e. The number of hydrogen-bond donors (Lipinski definition) is 0. The van der Waals surface area contributed by atoms with Crippen molar-refractivity contribution in [3.05, 3.63) is 59.2 Å². The number of nitrogens with zero attached hydrogens (tertiary/aromatic N) is 7. The van der Waals surface area contributed by atoms with Gasteiger partial charge in [-0.05, 0) is 63.9 Å². The Morgan fingerprint density at radius 3 is 2.73 bits per heavy atom. The molecule has 0 radical (unpaired) electrons. The van der Waals surface area contributed by atoms with Gasteiger partial charge in [0.2, 0.25) is 0 Å². The Bertz CT molecular complexity index is 1170. The van der Waals surface area contributed by atoms with E-state index in [0.717, 1.165) is 62.6 Å². The normalized spacial score (nSPS) is 19.3. The Kier molecular flexibility index (Phi) is 6.05. The second-order valence-corrected chi connectivity index (χ2v) is 9.61. The van der Waals surface area contributed by atoms with Crippen LogP contribution in [0.15, 0.2) is 36.5 Å². The predicted molar refractivity (Wildman–Crippen MR) is 130 cm³/mol. The van der Waals surface area contributed by atoms with Crippen LogP contribution in [0.4, 0.5) is 5.82 Å². The summed E-state index contributed by atoms with van der Waals surface area (Å²) in [5.74, 6) is 1.07. The highest BCUT2D eigenvalue weighted by molar-refractivity contribution is 5.57. The van der Waals surface area contributed by atoms with Crippen molar-refractivity contribution in [3.63, 3.8) is 0 Å². The Balaban J connectivity index is 1.52. The molecule has 0 aromatic carbocycles. The van der Waals surface area contributed by atoms with E-state index in [-0.39, 0.29) is 6.04 Å². The maximum absolute atomic E-state index is 10.2. The lowest BCUT2D eigenvalue weighted by Gasteiger charge is -2.37. The van der Waals surface area contributed by atoms with Crippen LogP contribution < -0.4 is 4.90 Å². The van der Waals surface area contributed by atoms with Gasteiger partial charge in [0.05, 0.1) is 17.4 Å². The second-order valence-electron chi connectivity index (χ2n) is 9.61. The smallest absolute Gasteiger partial charge is 0.150 e. The zero-order chi connectivity index (χ0) is 22.9. The van der Waals surface area contributed by atoms with Crippen LogP contribution in [-0.2, 0) is 13.0 Å². The van der Waals surface area contributed by atoms with Gasteiger partial charge in [0.25, 0.3) is 0 Å². The zero-order valence-electron chi connectivity index (χ0n) is 19.9. The van der Waals surface area contributed by atoms with Crippen LogP contribution in [0, 0.1) is 11.3 Å². The van der Waals surface area contributed by atoms with Crippen molar-refractivity contribution in [2.75, 3.05) is 38.1 Å². The molecule has 0 saturated carbocycles. The molecule has 0 spiro atoms. The van der Waals surface area contributed by atoms with Gasteiger partial charge < -0.3 is 9.80 Å².